The van der Waals surface area contributed by atoms with Crippen LogP contribution in [0.1, 0.15) is 10.5 Å². The fraction of sp³-hybridized carbons (Fsp3) is 0.200. The lowest BCUT2D eigenvalue weighted by Crippen LogP contribution is -2.40. The maximum Gasteiger partial charge on any atom is 0.270 e. The number of carbonyl (C=O) groups is 1. The fourth-order valence-electron chi connectivity index (χ4n) is 2.78. The van der Waals surface area contributed by atoms with Gasteiger partial charge in [-0.25, -0.2) is 4.98 Å². The van der Waals surface area contributed by atoms with Crippen LogP contribution in [0.4, 0.5) is 0 Å². The number of hydrogen-bond donors (Lipinski definition) is 1. The van der Waals surface area contributed by atoms with Gasteiger partial charge in [-0.1, -0.05) is 24.3 Å². The van der Waals surface area contributed by atoms with E-state index in [1.54, 1.807) is 12.5 Å². The number of nitrogens with one attached hydrogen (secondary N) is 1. The molecule has 27 heavy (non-hydrogen) atoms. The first-order valence-electron chi connectivity index (χ1n) is 8.50. The molecule has 0 radical (unpaired) electrons. The molecule has 0 spiro atoms. The summed E-state index contributed by atoms with van der Waals surface area (Å²) in [6.45, 7) is 0.732. The summed E-state index contributed by atoms with van der Waals surface area (Å²) in [5.41, 5.74) is 1.24. The van der Waals surface area contributed by atoms with Crippen molar-refractivity contribution in [3.05, 3.63) is 59.6 Å². The summed E-state index contributed by atoms with van der Waals surface area (Å²) < 4.78 is 16.9. The highest BCUT2D eigenvalue weighted by molar-refractivity contribution is 7.13. The van der Waals surface area contributed by atoms with Crippen molar-refractivity contribution < 1.29 is 19.0 Å². The second kappa shape index (κ2) is 7.67. The number of ether oxygens (including phenoxy) is 3. The average Bonchev–Trinajstić information content (AvgIpc) is 3.22. The van der Waals surface area contributed by atoms with Crippen molar-refractivity contribution in [3.63, 3.8) is 0 Å². The maximum absolute atomic E-state index is 12.4. The molecule has 3 aromatic rings. The lowest BCUT2D eigenvalue weighted by atomic mass is 10.2. The molecule has 4 rings (SSSR count). The second-order valence-corrected chi connectivity index (χ2v) is 6.80. The number of fused-ring (bicyclic) bond motifs is 1. The Kier molecular flexibility index (Phi) is 4.93. The summed E-state index contributed by atoms with van der Waals surface area (Å²) in [4.78, 5) is 16.9. The van der Waals surface area contributed by atoms with E-state index in [0.717, 1.165) is 22.1 Å². The molecule has 0 aliphatic carbocycles. The number of rotatable bonds is 5. The number of para-hydroxylation sites is 3. The molecule has 1 aliphatic rings. The Morgan fingerprint density at radius 3 is 2.85 bits per heavy atom. The predicted molar refractivity (Wildman–Crippen MR) is 103 cm³/mol. The van der Waals surface area contributed by atoms with Gasteiger partial charge in [-0.2, -0.15) is 0 Å². The summed E-state index contributed by atoms with van der Waals surface area (Å²) in [5.74, 6) is 1.90. The van der Waals surface area contributed by atoms with Gasteiger partial charge in [-0.15, -0.1) is 11.3 Å². The van der Waals surface area contributed by atoms with E-state index in [2.05, 4.69) is 10.3 Å². The molecule has 2 aromatic carbocycles. The number of thiazole rings is 1. The number of aromatic nitrogens is 1. The molecule has 0 saturated carbocycles. The Balaban J connectivity index is 1.39. The Hall–Kier alpha value is -3.06. The molecule has 0 saturated heterocycles. The number of nitrogens with zero attached hydrogens (tertiary/aromatic N) is 1. The molecule has 7 heteroatoms. The van der Waals surface area contributed by atoms with Crippen molar-refractivity contribution in [2.45, 2.75) is 6.10 Å². The first-order valence-corrected chi connectivity index (χ1v) is 9.38. The van der Waals surface area contributed by atoms with Gasteiger partial charge in [-0.3, -0.25) is 4.79 Å². The fourth-order valence-corrected chi connectivity index (χ4v) is 3.61. The van der Waals surface area contributed by atoms with E-state index in [1.807, 2.05) is 48.5 Å². The van der Waals surface area contributed by atoms with Crippen molar-refractivity contribution >= 4 is 17.2 Å². The molecule has 0 bridgehead atoms. The zero-order valence-corrected chi connectivity index (χ0v) is 15.5. The smallest absolute Gasteiger partial charge is 0.270 e. The van der Waals surface area contributed by atoms with Gasteiger partial charge >= 0.3 is 0 Å². The molecule has 1 aliphatic heterocycles. The molecule has 1 aromatic heterocycles. The minimum atomic E-state index is -0.241. The van der Waals surface area contributed by atoms with Crippen molar-refractivity contribution in [1.82, 2.24) is 10.3 Å². The molecule has 1 N–H and O–H groups in total. The van der Waals surface area contributed by atoms with Crippen molar-refractivity contribution in [2.75, 3.05) is 20.3 Å². The van der Waals surface area contributed by atoms with Gasteiger partial charge in [0.25, 0.3) is 5.91 Å². The SMILES string of the molecule is COc1ccccc1-c1nc(C(=O)NCC2COc3ccccc3O2)cs1. The molecule has 1 amide bonds. The van der Waals surface area contributed by atoms with Crippen molar-refractivity contribution in [1.29, 1.82) is 0 Å². The number of carbonyl (C=O) groups excluding carboxylic acids is 1. The Morgan fingerprint density at radius 2 is 2.00 bits per heavy atom. The third-order valence-corrected chi connectivity index (χ3v) is 5.01. The molecule has 1 atom stereocenters. The van der Waals surface area contributed by atoms with Gasteiger partial charge in [0.1, 0.15) is 29.2 Å². The molecular formula is C20H18N2O4S. The van der Waals surface area contributed by atoms with E-state index in [4.69, 9.17) is 14.2 Å². The van der Waals surface area contributed by atoms with Crippen LogP contribution in [0, 0.1) is 0 Å². The van der Waals surface area contributed by atoms with E-state index in [1.165, 1.54) is 11.3 Å². The number of methoxy groups -OCH3 is 1. The van der Waals surface area contributed by atoms with Crippen LogP contribution in [0.15, 0.2) is 53.9 Å². The van der Waals surface area contributed by atoms with Gasteiger partial charge in [0, 0.05) is 5.38 Å². The van der Waals surface area contributed by atoms with Crippen LogP contribution < -0.4 is 19.5 Å². The van der Waals surface area contributed by atoms with Crippen LogP contribution in [0.5, 0.6) is 17.2 Å². The van der Waals surface area contributed by atoms with Gasteiger partial charge in [0.15, 0.2) is 11.5 Å². The lowest BCUT2D eigenvalue weighted by Gasteiger charge is -2.26. The van der Waals surface area contributed by atoms with Crippen LogP contribution in [0.25, 0.3) is 10.6 Å². The monoisotopic (exact) mass is 382 g/mol. The van der Waals surface area contributed by atoms with E-state index in [9.17, 15) is 4.79 Å². The molecule has 1 unspecified atom stereocenters. The number of amides is 1. The summed E-state index contributed by atoms with van der Waals surface area (Å²) in [6.07, 6.45) is -0.240. The van der Waals surface area contributed by atoms with E-state index in [0.29, 0.717) is 24.6 Å². The largest absolute Gasteiger partial charge is 0.496 e. The molecule has 2 heterocycles. The van der Waals surface area contributed by atoms with Gasteiger partial charge in [-0.05, 0) is 24.3 Å². The Bertz CT molecular complexity index is 956. The van der Waals surface area contributed by atoms with Gasteiger partial charge < -0.3 is 19.5 Å². The molecule has 0 fully saturated rings. The second-order valence-electron chi connectivity index (χ2n) is 5.95. The van der Waals surface area contributed by atoms with Crippen LogP contribution in [-0.2, 0) is 0 Å². The van der Waals surface area contributed by atoms with Crippen molar-refractivity contribution in [2.24, 2.45) is 0 Å². The molecule has 6 nitrogen and oxygen atoms in total. The van der Waals surface area contributed by atoms with Crippen LogP contribution in [-0.4, -0.2) is 37.3 Å². The summed E-state index contributed by atoms with van der Waals surface area (Å²) >= 11 is 1.40. The molecular weight excluding hydrogens is 364 g/mol. The normalized spacial score (nSPS) is 15.2. The van der Waals surface area contributed by atoms with Crippen LogP contribution in [0.2, 0.25) is 0 Å². The van der Waals surface area contributed by atoms with E-state index in [-0.39, 0.29) is 12.0 Å². The topological polar surface area (TPSA) is 69.7 Å². The number of benzene rings is 2. The Labute approximate surface area is 160 Å². The quantitative estimate of drug-likeness (QED) is 0.733. The zero-order valence-electron chi connectivity index (χ0n) is 14.7. The standard InChI is InChI=1S/C20H18N2O4S/c1-24-16-7-3-2-6-14(16)20-22-15(12-27-20)19(23)21-10-13-11-25-17-8-4-5-9-18(17)26-13/h2-9,12-13H,10-11H2,1H3,(H,21,23). The average molecular weight is 382 g/mol. The minimum absolute atomic E-state index is 0.240. The van der Waals surface area contributed by atoms with E-state index < -0.39 is 0 Å². The van der Waals surface area contributed by atoms with Gasteiger partial charge in [0.05, 0.1) is 19.2 Å². The summed E-state index contributed by atoms with van der Waals surface area (Å²) in [7, 11) is 1.62. The first-order chi connectivity index (χ1) is 13.2. The number of hydrogen-bond acceptors (Lipinski definition) is 6. The highest BCUT2D eigenvalue weighted by atomic mass is 32.1. The third kappa shape index (κ3) is 3.73. The predicted octanol–water partition coefficient (Wildman–Crippen LogP) is 3.39. The van der Waals surface area contributed by atoms with E-state index >= 15 is 0 Å². The highest BCUT2D eigenvalue weighted by Gasteiger charge is 2.22. The van der Waals surface area contributed by atoms with Crippen molar-refractivity contribution in [3.8, 4) is 27.8 Å². The summed E-state index contributed by atoms with van der Waals surface area (Å²) in [5, 5.41) is 5.34. The van der Waals surface area contributed by atoms with Crippen LogP contribution >= 0.6 is 11.3 Å². The maximum atomic E-state index is 12.4. The zero-order chi connectivity index (χ0) is 18.6. The van der Waals surface area contributed by atoms with Crippen LogP contribution in [0.3, 0.4) is 0 Å². The first kappa shape index (κ1) is 17.4. The molecule has 138 valence electrons. The Morgan fingerprint density at radius 1 is 1.22 bits per heavy atom. The highest BCUT2D eigenvalue weighted by Crippen LogP contribution is 2.32. The third-order valence-electron chi connectivity index (χ3n) is 4.13. The summed E-state index contributed by atoms with van der Waals surface area (Å²) in [6, 6.07) is 15.1. The van der Waals surface area contributed by atoms with Gasteiger partial charge in [0.2, 0.25) is 0 Å². The lowest BCUT2D eigenvalue weighted by molar-refractivity contribution is 0.0787. The minimum Gasteiger partial charge on any atom is -0.496 e.